The molecule has 2 saturated heterocycles. The van der Waals surface area contributed by atoms with Gasteiger partial charge >= 0.3 is 0 Å². The summed E-state index contributed by atoms with van der Waals surface area (Å²) in [6.07, 6.45) is 2.14. The second-order valence-electron chi connectivity index (χ2n) is 6.80. The van der Waals surface area contributed by atoms with Gasteiger partial charge in [0.1, 0.15) is 6.33 Å². The highest BCUT2D eigenvalue weighted by molar-refractivity contribution is 9.10. The predicted octanol–water partition coefficient (Wildman–Crippen LogP) is 0.370. The summed E-state index contributed by atoms with van der Waals surface area (Å²) in [5.74, 6) is 0.417. The fourth-order valence-electron chi connectivity index (χ4n) is 3.67. The first-order valence-corrected chi connectivity index (χ1v) is 11.3. The van der Waals surface area contributed by atoms with Crippen molar-refractivity contribution in [3.05, 3.63) is 34.6 Å². The Morgan fingerprint density at radius 1 is 1.19 bits per heavy atom. The molecule has 2 aliphatic heterocycles. The first-order valence-electron chi connectivity index (χ1n) is 8.70. The van der Waals surface area contributed by atoms with Crippen molar-refractivity contribution in [1.29, 1.82) is 0 Å². The van der Waals surface area contributed by atoms with Crippen LogP contribution in [-0.2, 0) is 9.84 Å². The van der Waals surface area contributed by atoms with Gasteiger partial charge in [-0.25, -0.2) is 8.42 Å². The van der Waals surface area contributed by atoms with Crippen molar-refractivity contribution in [3.8, 4) is 5.69 Å². The third-order valence-corrected chi connectivity index (χ3v) is 7.35. The summed E-state index contributed by atoms with van der Waals surface area (Å²) in [6.45, 7) is 2.49. The number of hydrogen-bond donors (Lipinski definition) is 0. The first-order chi connectivity index (χ1) is 12.9. The number of tetrazole rings is 1. The molecular weight excluding hydrogens is 436 g/mol. The summed E-state index contributed by atoms with van der Waals surface area (Å²) in [6, 6.07) is 5.49. The number of nitrogens with zero attached hydrogens (tertiary/aromatic N) is 6. The molecule has 1 atom stereocenters. The predicted molar refractivity (Wildman–Crippen MR) is 101 cm³/mol. The van der Waals surface area contributed by atoms with E-state index in [9.17, 15) is 13.2 Å². The smallest absolute Gasteiger partial charge is 0.256 e. The van der Waals surface area contributed by atoms with Gasteiger partial charge < -0.3 is 4.90 Å². The molecule has 1 amide bonds. The Balaban J connectivity index is 1.48. The molecule has 0 spiro atoms. The molecule has 1 aromatic carbocycles. The van der Waals surface area contributed by atoms with Crippen molar-refractivity contribution >= 4 is 31.7 Å². The van der Waals surface area contributed by atoms with Crippen LogP contribution < -0.4 is 0 Å². The van der Waals surface area contributed by atoms with Gasteiger partial charge in [-0.15, -0.1) is 5.10 Å². The van der Waals surface area contributed by atoms with Crippen LogP contribution in [0.3, 0.4) is 0 Å². The number of halogens is 1. The van der Waals surface area contributed by atoms with E-state index in [-0.39, 0.29) is 23.5 Å². The number of sulfone groups is 1. The lowest BCUT2D eigenvalue weighted by Gasteiger charge is -2.37. The van der Waals surface area contributed by atoms with Crippen molar-refractivity contribution in [2.75, 3.05) is 37.7 Å². The van der Waals surface area contributed by atoms with E-state index in [4.69, 9.17) is 0 Å². The van der Waals surface area contributed by atoms with E-state index in [1.807, 2.05) is 6.07 Å². The molecule has 1 unspecified atom stereocenters. The third kappa shape index (κ3) is 3.90. The Bertz CT molecular complexity index is 941. The van der Waals surface area contributed by atoms with Crippen LogP contribution >= 0.6 is 15.9 Å². The zero-order valence-electron chi connectivity index (χ0n) is 14.5. The molecule has 0 bridgehead atoms. The van der Waals surface area contributed by atoms with E-state index in [1.54, 1.807) is 17.0 Å². The number of carbonyl (C=O) groups is 1. The molecule has 0 radical (unpaired) electrons. The average molecular weight is 455 g/mol. The van der Waals surface area contributed by atoms with Gasteiger partial charge in [-0.3, -0.25) is 9.69 Å². The number of aromatic nitrogens is 4. The average Bonchev–Trinajstić information content (AvgIpc) is 3.31. The number of carbonyl (C=O) groups excluding carboxylic acids is 1. The van der Waals surface area contributed by atoms with Crippen molar-refractivity contribution in [3.63, 3.8) is 0 Å². The van der Waals surface area contributed by atoms with E-state index in [0.717, 1.165) is 4.47 Å². The van der Waals surface area contributed by atoms with Gasteiger partial charge in [0.25, 0.3) is 5.91 Å². The molecule has 1 aromatic heterocycles. The molecular formula is C16H19BrN6O3S. The molecule has 11 heteroatoms. The molecule has 4 rings (SSSR count). The zero-order valence-corrected chi connectivity index (χ0v) is 16.9. The lowest BCUT2D eigenvalue weighted by molar-refractivity contribution is 0.0587. The van der Waals surface area contributed by atoms with Gasteiger partial charge in [0.05, 0.1) is 22.8 Å². The number of hydrogen-bond acceptors (Lipinski definition) is 7. The monoisotopic (exact) mass is 454 g/mol. The molecule has 2 fully saturated rings. The summed E-state index contributed by atoms with van der Waals surface area (Å²) in [4.78, 5) is 17.1. The van der Waals surface area contributed by atoms with Gasteiger partial charge in [0.2, 0.25) is 0 Å². The van der Waals surface area contributed by atoms with Crippen molar-refractivity contribution < 1.29 is 13.2 Å². The standard InChI is InChI=1S/C16H19BrN6O3S/c17-12-1-2-15(23-11-18-19-20-23)14(9-12)16(24)22-6-4-21(5-7-22)13-3-8-27(25,26)10-13/h1-2,9,11,13H,3-8,10H2. The van der Waals surface area contributed by atoms with E-state index in [1.165, 1.54) is 11.0 Å². The van der Waals surface area contributed by atoms with Crippen LogP contribution in [0.4, 0.5) is 0 Å². The minimum atomic E-state index is -2.90. The highest BCUT2D eigenvalue weighted by atomic mass is 79.9. The second kappa shape index (κ2) is 7.28. The molecule has 27 heavy (non-hydrogen) atoms. The highest BCUT2D eigenvalue weighted by Gasteiger charge is 2.34. The normalized spacial score (nSPS) is 22.9. The van der Waals surface area contributed by atoms with Crippen LogP contribution in [0.5, 0.6) is 0 Å². The fourth-order valence-corrected chi connectivity index (χ4v) is 5.80. The van der Waals surface area contributed by atoms with E-state index < -0.39 is 9.84 Å². The van der Waals surface area contributed by atoms with Crippen LogP contribution in [0.15, 0.2) is 29.0 Å². The van der Waals surface area contributed by atoms with E-state index >= 15 is 0 Å². The Kier molecular flexibility index (Phi) is 4.99. The number of piperazine rings is 1. The van der Waals surface area contributed by atoms with Crippen LogP contribution in [0.25, 0.3) is 5.69 Å². The quantitative estimate of drug-likeness (QED) is 0.659. The summed E-state index contributed by atoms with van der Waals surface area (Å²) >= 11 is 3.42. The number of benzene rings is 1. The summed E-state index contributed by atoms with van der Waals surface area (Å²) in [5, 5.41) is 11.2. The molecule has 3 heterocycles. The molecule has 144 valence electrons. The van der Waals surface area contributed by atoms with Crippen LogP contribution in [-0.4, -0.2) is 88.1 Å². The van der Waals surface area contributed by atoms with E-state index in [0.29, 0.717) is 43.9 Å². The van der Waals surface area contributed by atoms with Crippen molar-refractivity contribution in [1.82, 2.24) is 30.0 Å². The molecule has 0 saturated carbocycles. The zero-order chi connectivity index (χ0) is 19.0. The van der Waals surface area contributed by atoms with Gasteiger partial charge in [-0.2, -0.15) is 4.68 Å². The lowest BCUT2D eigenvalue weighted by atomic mass is 10.1. The maximum atomic E-state index is 13.1. The SMILES string of the molecule is O=C(c1cc(Br)ccc1-n1cnnn1)N1CCN(C2CCS(=O)(=O)C2)CC1. The first kappa shape index (κ1) is 18.5. The van der Waals surface area contributed by atoms with Crippen molar-refractivity contribution in [2.24, 2.45) is 0 Å². The second-order valence-corrected chi connectivity index (χ2v) is 9.95. The molecule has 0 N–H and O–H groups in total. The maximum Gasteiger partial charge on any atom is 0.256 e. The number of amides is 1. The molecule has 0 aliphatic carbocycles. The van der Waals surface area contributed by atoms with Crippen LogP contribution in [0.1, 0.15) is 16.8 Å². The number of rotatable bonds is 3. The van der Waals surface area contributed by atoms with Crippen LogP contribution in [0.2, 0.25) is 0 Å². The maximum absolute atomic E-state index is 13.1. The summed E-state index contributed by atoms with van der Waals surface area (Å²) < 4.78 is 25.7. The van der Waals surface area contributed by atoms with Crippen molar-refractivity contribution in [2.45, 2.75) is 12.5 Å². The third-order valence-electron chi connectivity index (χ3n) is 5.11. The minimum absolute atomic E-state index is 0.0786. The Morgan fingerprint density at radius 2 is 1.96 bits per heavy atom. The van der Waals surface area contributed by atoms with Gasteiger partial charge in [0.15, 0.2) is 9.84 Å². The molecule has 2 aromatic rings. The Labute approximate surface area is 165 Å². The Morgan fingerprint density at radius 3 is 2.59 bits per heavy atom. The minimum Gasteiger partial charge on any atom is -0.336 e. The van der Waals surface area contributed by atoms with Crippen LogP contribution in [0, 0.1) is 0 Å². The fraction of sp³-hybridized carbons (Fsp3) is 0.500. The Hall–Kier alpha value is -1.85. The largest absolute Gasteiger partial charge is 0.336 e. The summed E-state index contributed by atoms with van der Waals surface area (Å²) in [5.41, 5.74) is 1.14. The van der Waals surface area contributed by atoms with E-state index in [2.05, 4.69) is 36.4 Å². The lowest BCUT2D eigenvalue weighted by Crippen LogP contribution is -2.52. The summed E-state index contributed by atoms with van der Waals surface area (Å²) in [7, 11) is -2.90. The van der Waals surface area contributed by atoms with Gasteiger partial charge in [-0.1, -0.05) is 15.9 Å². The van der Waals surface area contributed by atoms with Gasteiger partial charge in [0, 0.05) is 36.7 Å². The topological polar surface area (TPSA) is 101 Å². The van der Waals surface area contributed by atoms with Gasteiger partial charge in [-0.05, 0) is 35.0 Å². The highest BCUT2D eigenvalue weighted by Crippen LogP contribution is 2.23. The molecule has 9 nitrogen and oxygen atoms in total. The molecule has 2 aliphatic rings.